The van der Waals surface area contributed by atoms with Crippen molar-refractivity contribution < 1.29 is 4.79 Å². The van der Waals surface area contributed by atoms with Crippen LogP contribution in [0.2, 0.25) is 4.34 Å². The lowest BCUT2D eigenvalue weighted by molar-refractivity contribution is 0.0630. The summed E-state index contributed by atoms with van der Waals surface area (Å²) in [5, 5.41) is 0. The molecule has 0 N–H and O–H groups in total. The zero-order valence-corrected chi connectivity index (χ0v) is 12.8. The van der Waals surface area contributed by atoms with E-state index in [-0.39, 0.29) is 11.8 Å². The summed E-state index contributed by atoms with van der Waals surface area (Å²) in [5.41, 5.74) is 0.319. The van der Waals surface area contributed by atoms with Gasteiger partial charge in [-0.15, -0.1) is 11.3 Å². The monoisotopic (exact) mass is 285 g/mol. The van der Waals surface area contributed by atoms with Gasteiger partial charge in [0.15, 0.2) is 5.78 Å². The SMILES string of the molecule is CC(C(=O)c1ccc(Cl)s1)N1CCCC(C)(C)C1. The highest BCUT2D eigenvalue weighted by Crippen LogP contribution is 2.31. The van der Waals surface area contributed by atoms with Gasteiger partial charge in [-0.3, -0.25) is 9.69 Å². The highest BCUT2D eigenvalue weighted by molar-refractivity contribution is 7.18. The molecular weight excluding hydrogens is 266 g/mol. The number of carbonyl (C=O) groups is 1. The van der Waals surface area contributed by atoms with Crippen LogP contribution >= 0.6 is 22.9 Å². The molecule has 1 aliphatic rings. The second-order valence-corrected chi connectivity index (χ2v) is 7.60. The van der Waals surface area contributed by atoms with Crippen LogP contribution in [0.1, 0.15) is 43.3 Å². The summed E-state index contributed by atoms with van der Waals surface area (Å²) in [5.74, 6) is 0.199. The first kappa shape index (κ1) is 14.0. The molecule has 0 aromatic carbocycles. The Bertz CT molecular complexity index is 441. The van der Waals surface area contributed by atoms with Gasteiger partial charge in [-0.1, -0.05) is 25.4 Å². The predicted molar refractivity (Wildman–Crippen MR) is 77.7 cm³/mol. The molecule has 0 radical (unpaired) electrons. The Morgan fingerprint density at radius 2 is 2.22 bits per heavy atom. The highest BCUT2D eigenvalue weighted by Gasteiger charge is 2.32. The van der Waals surface area contributed by atoms with Gasteiger partial charge in [0.2, 0.25) is 0 Å². The molecule has 1 aromatic rings. The lowest BCUT2D eigenvalue weighted by Crippen LogP contribution is -2.47. The Morgan fingerprint density at radius 1 is 1.50 bits per heavy atom. The number of nitrogens with zero attached hydrogens (tertiary/aromatic N) is 1. The largest absolute Gasteiger partial charge is 0.293 e. The molecule has 1 unspecified atom stereocenters. The van der Waals surface area contributed by atoms with Gasteiger partial charge in [-0.25, -0.2) is 0 Å². The summed E-state index contributed by atoms with van der Waals surface area (Å²) in [4.78, 5) is 15.5. The van der Waals surface area contributed by atoms with Crippen LogP contribution in [0.5, 0.6) is 0 Å². The van der Waals surface area contributed by atoms with E-state index in [4.69, 9.17) is 11.6 Å². The molecule has 0 aliphatic carbocycles. The summed E-state index contributed by atoms with van der Waals surface area (Å²) in [6.07, 6.45) is 2.42. The number of ketones is 1. The Kier molecular flexibility index (Phi) is 4.15. The molecule has 1 fully saturated rings. The van der Waals surface area contributed by atoms with Gasteiger partial charge in [-0.05, 0) is 43.9 Å². The van der Waals surface area contributed by atoms with Gasteiger partial charge in [0.1, 0.15) is 0 Å². The average Bonchev–Trinajstić information content (AvgIpc) is 2.72. The minimum absolute atomic E-state index is 0.0423. The van der Waals surface area contributed by atoms with Crippen LogP contribution in [-0.2, 0) is 0 Å². The molecule has 1 saturated heterocycles. The van der Waals surface area contributed by atoms with Crippen LogP contribution in [0, 0.1) is 5.41 Å². The summed E-state index contributed by atoms with van der Waals surface area (Å²) >= 11 is 7.27. The Balaban J connectivity index is 2.07. The first-order valence-corrected chi connectivity index (χ1v) is 7.62. The average molecular weight is 286 g/mol. The van der Waals surface area contributed by atoms with Crippen molar-refractivity contribution in [3.63, 3.8) is 0 Å². The molecule has 0 bridgehead atoms. The van der Waals surface area contributed by atoms with Crippen LogP contribution in [0.3, 0.4) is 0 Å². The zero-order chi connectivity index (χ0) is 13.3. The first-order valence-electron chi connectivity index (χ1n) is 6.43. The number of rotatable bonds is 3. The van der Waals surface area contributed by atoms with E-state index in [1.165, 1.54) is 24.2 Å². The molecule has 2 rings (SSSR count). The van der Waals surface area contributed by atoms with E-state index < -0.39 is 0 Å². The molecule has 1 aliphatic heterocycles. The fraction of sp³-hybridized carbons (Fsp3) is 0.643. The number of carbonyl (C=O) groups excluding carboxylic acids is 1. The van der Waals surface area contributed by atoms with Gasteiger partial charge < -0.3 is 0 Å². The Labute approximate surface area is 118 Å². The predicted octanol–water partition coefficient (Wildman–Crippen LogP) is 4.09. The second kappa shape index (κ2) is 5.32. The molecule has 1 aromatic heterocycles. The third-order valence-corrected chi connectivity index (χ3v) is 4.92. The Hall–Kier alpha value is -0.380. The molecule has 0 saturated carbocycles. The van der Waals surface area contributed by atoms with Crippen LogP contribution in [0.4, 0.5) is 0 Å². The number of likely N-dealkylation sites (tertiary alicyclic amines) is 1. The quantitative estimate of drug-likeness (QED) is 0.780. The maximum Gasteiger partial charge on any atom is 0.189 e. The van der Waals surface area contributed by atoms with Crippen LogP contribution in [0.25, 0.3) is 0 Å². The van der Waals surface area contributed by atoms with Crippen LogP contribution in [-0.4, -0.2) is 29.8 Å². The number of hydrogen-bond donors (Lipinski definition) is 0. The number of hydrogen-bond acceptors (Lipinski definition) is 3. The fourth-order valence-electron chi connectivity index (χ4n) is 2.62. The van der Waals surface area contributed by atoms with E-state index in [1.807, 2.05) is 13.0 Å². The third-order valence-electron chi connectivity index (χ3n) is 3.67. The molecular formula is C14H20ClNOS. The summed E-state index contributed by atoms with van der Waals surface area (Å²) in [7, 11) is 0. The second-order valence-electron chi connectivity index (χ2n) is 5.88. The van der Waals surface area contributed by atoms with Crippen molar-refractivity contribution in [1.82, 2.24) is 4.90 Å². The van der Waals surface area contributed by atoms with Crippen LogP contribution < -0.4 is 0 Å². The summed E-state index contributed by atoms with van der Waals surface area (Å²) in [6, 6.07) is 3.59. The molecule has 4 heteroatoms. The minimum atomic E-state index is -0.0423. The topological polar surface area (TPSA) is 20.3 Å². The summed E-state index contributed by atoms with van der Waals surface area (Å²) < 4.78 is 0.685. The maximum absolute atomic E-state index is 12.4. The molecule has 1 atom stereocenters. The summed E-state index contributed by atoms with van der Waals surface area (Å²) in [6.45, 7) is 8.59. The fourth-order valence-corrected chi connectivity index (χ4v) is 3.68. The Morgan fingerprint density at radius 3 is 2.78 bits per heavy atom. The van der Waals surface area contributed by atoms with Crippen molar-refractivity contribution in [1.29, 1.82) is 0 Å². The van der Waals surface area contributed by atoms with E-state index in [9.17, 15) is 4.79 Å². The minimum Gasteiger partial charge on any atom is -0.293 e. The van der Waals surface area contributed by atoms with E-state index in [0.717, 1.165) is 18.0 Å². The normalized spacial score (nSPS) is 21.8. The van der Waals surface area contributed by atoms with Crippen molar-refractivity contribution in [2.75, 3.05) is 13.1 Å². The van der Waals surface area contributed by atoms with Gasteiger partial charge in [-0.2, -0.15) is 0 Å². The molecule has 0 spiro atoms. The maximum atomic E-state index is 12.4. The van der Waals surface area contributed by atoms with E-state index in [2.05, 4.69) is 18.7 Å². The van der Waals surface area contributed by atoms with Crippen LogP contribution in [0.15, 0.2) is 12.1 Å². The van der Waals surface area contributed by atoms with Gasteiger partial charge in [0, 0.05) is 6.54 Å². The molecule has 2 nitrogen and oxygen atoms in total. The van der Waals surface area contributed by atoms with E-state index >= 15 is 0 Å². The van der Waals surface area contributed by atoms with Crippen molar-refractivity contribution in [2.24, 2.45) is 5.41 Å². The highest BCUT2D eigenvalue weighted by atomic mass is 35.5. The number of thiophene rings is 1. The van der Waals surface area contributed by atoms with Gasteiger partial charge in [0.05, 0.1) is 15.3 Å². The first-order chi connectivity index (χ1) is 8.39. The number of piperidine rings is 1. The molecule has 2 heterocycles. The van der Waals surface area contributed by atoms with Crippen molar-refractivity contribution in [2.45, 2.75) is 39.7 Å². The standard InChI is InChI=1S/C14H20ClNOS/c1-10(13(17)11-5-6-12(15)18-11)16-8-4-7-14(2,3)9-16/h5-6,10H,4,7-9H2,1-3H3. The molecule has 100 valence electrons. The third kappa shape index (κ3) is 3.14. The molecule has 0 amide bonds. The van der Waals surface area contributed by atoms with E-state index in [0.29, 0.717) is 9.75 Å². The number of Topliss-reactive ketones (excluding diaryl/α,β-unsaturated/α-hetero) is 1. The lowest BCUT2D eigenvalue weighted by Gasteiger charge is -2.40. The van der Waals surface area contributed by atoms with Crippen molar-refractivity contribution >= 4 is 28.7 Å². The smallest absolute Gasteiger partial charge is 0.189 e. The van der Waals surface area contributed by atoms with E-state index in [1.54, 1.807) is 6.07 Å². The van der Waals surface area contributed by atoms with Crippen molar-refractivity contribution in [3.8, 4) is 0 Å². The zero-order valence-electron chi connectivity index (χ0n) is 11.2. The number of halogens is 1. The lowest BCUT2D eigenvalue weighted by atomic mass is 9.83. The van der Waals surface area contributed by atoms with Gasteiger partial charge in [0.25, 0.3) is 0 Å². The van der Waals surface area contributed by atoms with Gasteiger partial charge >= 0.3 is 0 Å². The molecule has 18 heavy (non-hydrogen) atoms. The van der Waals surface area contributed by atoms with Crippen molar-refractivity contribution in [3.05, 3.63) is 21.3 Å².